The van der Waals surface area contributed by atoms with Crippen LogP contribution in [-0.4, -0.2) is 36.7 Å². The van der Waals surface area contributed by atoms with Crippen LogP contribution in [0.2, 0.25) is 0 Å². The highest BCUT2D eigenvalue weighted by molar-refractivity contribution is 7.98. The molecule has 3 heterocycles. The average Bonchev–Trinajstić information content (AvgIpc) is 3.27. The van der Waals surface area contributed by atoms with Crippen molar-refractivity contribution in [3.05, 3.63) is 57.0 Å². The van der Waals surface area contributed by atoms with Crippen LogP contribution < -0.4 is 10.3 Å². The molecule has 0 N–H and O–H groups in total. The third kappa shape index (κ3) is 3.33. The smallest absolute Gasteiger partial charge is 0.258 e. The lowest BCUT2D eigenvalue weighted by Crippen LogP contribution is -2.14. The minimum Gasteiger partial charge on any atom is -0.494 e. The van der Waals surface area contributed by atoms with Crippen LogP contribution in [0.25, 0.3) is 10.6 Å². The summed E-state index contributed by atoms with van der Waals surface area (Å²) in [5, 5.41) is 14.5. The summed E-state index contributed by atoms with van der Waals surface area (Å²) < 4.78 is 8.68. The fourth-order valence-corrected chi connectivity index (χ4v) is 4.37. The van der Waals surface area contributed by atoms with E-state index < -0.39 is 0 Å². The number of tetrazole rings is 1. The standard InChI is InChI=1S/C17H16N6O2S2/c1-10-4-5-14(25-3)13(6-10)23-17(19-20-21-23)27-9-12-7-15(24)22-11(2)8-26-16(22)18-12/h4-8H,9H2,1-3H3. The van der Waals surface area contributed by atoms with Gasteiger partial charge >= 0.3 is 0 Å². The van der Waals surface area contributed by atoms with E-state index in [4.69, 9.17) is 4.74 Å². The molecule has 138 valence electrons. The van der Waals surface area contributed by atoms with E-state index in [1.165, 1.54) is 23.1 Å². The van der Waals surface area contributed by atoms with E-state index in [2.05, 4.69) is 20.5 Å². The zero-order valence-corrected chi connectivity index (χ0v) is 16.5. The molecular weight excluding hydrogens is 384 g/mol. The van der Waals surface area contributed by atoms with Crippen molar-refractivity contribution in [3.8, 4) is 11.4 Å². The summed E-state index contributed by atoms with van der Waals surface area (Å²) in [5.41, 5.74) is 3.35. The summed E-state index contributed by atoms with van der Waals surface area (Å²) >= 11 is 2.87. The van der Waals surface area contributed by atoms with Crippen LogP contribution in [0.4, 0.5) is 0 Å². The molecule has 0 aliphatic carbocycles. The molecule has 0 atom stereocenters. The number of nitrogens with zero attached hydrogens (tertiary/aromatic N) is 6. The van der Waals surface area contributed by atoms with Gasteiger partial charge in [0.25, 0.3) is 5.56 Å². The van der Waals surface area contributed by atoms with Crippen LogP contribution in [0.3, 0.4) is 0 Å². The number of benzene rings is 1. The Balaban J connectivity index is 1.63. The largest absolute Gasteiger partial charge is 0.494 e. The molecule has 0 saturated carbocycles. The van der Waals surface area contributed by atoms with Gasteiger partial charge in [-0.15, -0.1) is 16.4 Å². The van der Waals surface area contributed by atoms with Gasteiger partial charge in [0.05, 0.1) is 12.8 Å². The molecule has 0 bridgehead atoms. The summed E-state index contributed by atoms with van der Waals surface area (Å²) in [6.07, 6.45) is 0. The van der Waals surface area contributed by atoms with E-state index in [1.54, 1.807) is 22.3 Å². The number of hydrogen-bond donors (Lipinski definition) is 0. The summed E-state index contributed by atoms with van der Waals surface area (Å²) in [4.78, 5) is 17.6. The number of aryl methyl sites for hydroxylation is 2. The van der Waals surface area contributed by atoms with Crippen LogP contribution >= 0.6 is 23.1 Å². The SMILES string of the molecule is COc1ccc(C)cc1-n1nnnc1SCc1cc(=O)n2c(C)csc2n1. The first-order chi connectivity index (χ1) is 13.1. The Morgan fingerprint density at radius 2 is 2.11 bits per heavy atom. The number of aromatic nitrogens is 6. The molecule has 10 heteroatoms. The fraction of sp³-hybridized carbons (Fsp3) is 0.235. The summed E-state index contributed by atoms with van der Waals surface area (Å²) in [6, 6.07) is 7.37. The van der Waals surface area contributed by atoms with Gasteiger partial charge < -0.3 is 4.74 Å². The third-order valence-corrected chi connectivity index (χ3v) is 5.88. The Bertz CT molecular complexity index is 1180. The minimum absolute atomic E-state index is 0.0747. The van der Waals surface area contributed by atoms with Gasteiger partial charge in [-0.25, -0.2) is 4.98 Å². The van der Waals surface area contributed by atoms with Crippen molar-refractivity contribution in [1.29, 1.82) is 0 Å². The number of thiazole rings is 1. The van der Waals surface area contributed by atoms with Crippen LogP contribution in [0.1, 0.15) is 17.0 Å². The molecule has 0 amide bonds. The second-order valence-corrected chi connectivity index (χ2v) is 7.70. The maximum Gasteiger partial charge on any atom is 0.258 e. The molecule has 27 heavy (non-hydrogen) atoms. The Hall–Kier alpha value is -2.72. The molecule has 1 aromatic carbocycles. The molecule has 0 spiro atoms. The molecule has 3 aromatic heterocycles. The lowest BCUT2D eigenvalue weighted by molar-refractivity contribution is 0.410. The van der Waals surface area contributed by atoms with Crippen molar-refractivity contribution in [2.75, 3.05) is 7.11 Å². The van der Waals surface area contributed by atoms with Crippen LogP contribution in [0, 0.1) is 13.8 Å². The van der Waals surface area contributed by atoms with E-state index in [0.29, 0.717) is 27.3 Å². The number of hydrogen-bond acceptors (Lipinski definition) is 8. The molecule has 8 nitrogen and oxygen atoms in total. The normalized spacial score (nSPS) is 11.2. The number of ether oxygens (including phenoxy) is 1. The fourth-order valence-electron chi connectivity index (χ4n) is 2.70. The maximum absolute atomic E-state index is 12.3. The predicted octanol–water partition coefficient (Wildman–Crippen LogP) is 2.65. The number of rotatable bonds is 5. The average molecular weight is 400 g/mol. The molecule has 0 radical (unpaired) electrons. The number of thioether (sulfide) groups is 1. The first-order valence-corrected chi connectivity index (χ1v) is 9.96. The van der Waals surface area contributed by atoms with Gasteiger partial charge in [0.1, 0.15) is 11.4 Å². The zero-order chi connectivity index (χ0) is 19.0. The molecule has 0 unspecified atom stereocenters. The second-order valence-electron chi connectivity index (χ2n) is 5.92. The molecule has 4 rings (SSSR count). The van der Waals surface area contributed by atoms with Crippen molar-refractivity contribution in [1.82, 2.24) is 29.6 Å². The van der Waals surface area contributed by atoms with Crippen molar-refractivity contribution in [2.24, 2.45) is 0 Å². The summed E-state index contributed by atoms with van der Waals surface area (Å²) in [6.45, 7) is 3.89. The Kier molecular flexibility index (Phi) is 4.66. The van der Waals surface area contributed by atoms with Gasteiger partial charge in [-0.05, 0) is 42.0 Å². The van der Waals surface area contributed by atoms with Crippen LogP contribution in [0.15, 0.2) is 39.6 Å². The molecule has 4 aromatic rings. The van der Waals surface area contributed by atoms with Gasteiger partial charge in [0.2, 0.25) is 5.16 Å². The third-order valence-electron chi connectivity index (χ3n) is 3.98. The zero-order valence-electron chi connectivity index (χ0n) is 14.9. The molecular formula is C17H16N6O2S2. The molecule has 0 fully saturated rings. The van der Waals surface area contributed by atoms with Crippen LogP contribution in [-0.2, 0) is 5.75 Å². The molecule has 0 saturated heterocycles. The first kappa shape index (κ1) is 17.7. The highest BCUT2D eigenvalue weighted by Crippen LogP contribution is 2.28. The summed E-state index contributed by atoms with van der Waals surface area (Å²) in [5.74, 6) is 1.17. The Morgan fingerprint density at radius 3 is 2.93 bits per heavy atom. The lowest BCUT2D eigenvalue weighted by atomic mass is 10.2. The quantitative estimate of drug-likeness (QED) is 0.476. The van der Waals surface area contributed by atoms with Gasteiger partial charge in [-0.3, -0.25) is 9.20 Å². The summed E-state index contributed by atoms with van der Waals surface area (Å²) in [7, 11) is 1.61. The monoisotopic (exact) mass is 400 g/mol. The first-order valence-electron chi connectivity index (χ1n) is 8.10. The van der Waals surface area contributed by atoms with Crippen molar-refractivity contribution >= 4 is 28.1 Å². The van der Waals surface area contributed by atoms with Crippen LogP contribution in [0.5, 0.6) is 5.75 Å². The topological polar surface area (TPSA) is 87.2 Å². The van der Waals surface area contributed by atoms with Crippen molar-refractivity contribution in [3.63, 3.8) is 0 Å². The number of methoxy groups -OCH3 is 1. The van der Waals surface area contributed by atoms with E-state index in [-0.39, 0.29) is 5.56 Å². The van der Waals surface area contributed by atoms with Gasteiger partial charge in [-0.2, -0.15) is 4.68 Å². The second kappa shape index (κ2) is 7.12. The van der Waals surface area contributed by atoms with Gasteiger partial charge in [-0.1, -0.05) is 17.8 Å². The van der Waals surface area contributed by atoms with E-state index in [9.17, 15) is 4.79 Å². The Labute approximate surface area is 162 Å². The lowest BCUT2D eigenvalue weighted by Gasteiger charge is -2.10. The van der Waals surface area contributed by atoms with Crippen molar-refractivity contribution < 1.29 is 4.74 Å². The minimum atomic E-state index is -0.0747. The van der Waals surface area contributed by atoms with E-state index in [0.717, 1.165) is 16.9 Å². The van der Waals surface area contributed by atoms with Gasteiger partial charge in [0.15, 0.2) is 4.96 Å². The highest BCUT2D eigenvalue weighted by atomic mass is 32.2. The maximum atomic E-state index is 12.3. The predicted molar refractivity (Wildman–Crippen MR) is 104 cm³/mol. The van der Waals surface area contributed by atoms with Crippen molar-refractivity contribution in [2.45, 2.75) is 24.8 Å². The molecule has 0 aliphatic rings. The number of fused-ring (bicyclic) bond motifs is 1. The highest BCUT2D eigenvalue weighted by Gasteiger charge is 2.15. The van der Waals surface area contributed by atoms with E-state index in [1.807, 2.05) is 37.4 Å². The van der Waals surface area contributed by atoms with E-state index >= 15 is 0 Å². The Morgan fingerprint density at radius 1 is 1.26 bits per heavy atom. The molecule has 0 aliphatic heterocycles. The van der Waals surface area contributed by atoms with Gasteiger partial charge in [0, 0.05) is 22.9 Å².